The van der Waals surface area contributed by atoms with E-state index in [4.69, 9.17) is 4.74 Å². The van der Waals surface area contributed by atoms with E-state index in [1.165, 1.54) is 10.4 Å². The molecule has 0 aliphatic carbocycles. The Morgan fingerprint density at radius 1 is 0.929 bits per heavy atom. The first kappa shape index (κ1) is 30.7. The number of benzene rings is 3. The fraction of sp³-hybridized carbons (Fsp3) is 0.250. The smallest absolute Gasteiger partial charge is 0.352 e. The number of para-hydroxylation sites is 2. The lowest BCUT2D eigenvalue weighted by Crippen LogP contribution is -2.35. The van der Waals surface area contributed by atoms with Crippen molar-refractivity contribution in [1.82, 2.24) is 4.98 Å². The number of aliphatic hydroxyl groups is 1. The summed E-state index contributed by atoms with van der Waals surface area (Å²) in [6.07, 6.45) is 2.15. The molecule has 0 fully saturated rings. The van der Waals surface area contributed by atoms with Gasteiger partial charge < -0.3 is 24.8 Å². The molecule has 4 N–H and O–H groups in total. The molecule has 0 amide bonds. The van der Waals surface area contributed by atoms with E-state index in [1.54, 1.807) is 66.7 Å². The molecule has 0 aliphatic rings. The summed E-state index contributed by atoms with van der Waals surface area (Å²) in [7, 11) is -7.21. The van der Waals surface area contributed by atoms with E-state index in [-0.39, 0.29) is 32.0 Å². The molecule has 4 aromatic rings. The van der Waals surface area contributed by atoms with Gasteiger partial charge in [0.05, 0.1) is 43.6 Å². The number of ether oxygens (including phenoxy) is 1. The van der Waals surface area contributed by atoms with Gasteiger partial charge in [0.25, 0.3) is 0 Å². The third-order valence-corrected chi connectivity index (χ3v) is 8.03. The highest BCUT2D eigenvalue weighted by Gasteiger charge is 2.23. The average Bonchev–Trinajstić information content (AvgIpc) is 3.35. The molecule has 3 aromatic carbocycles. The van der Waals surface area contributed by atoms with E-state index >= 15 is 0 Å². The van der Waals surface area contributed by atoms with Crippen LogP contribution in [0.4, 0.5) is 17.1 Å². The van der Waals surface area contributed by atoms with Crippen LogP contribution in [0.3, 0.4) is 0 Å². The van der Waals surface area contributed by atoms with Crippen molar-refractivity contribution in [2.45, 2.75) is 6.54 Å². The van der Waals surface area contributed by atoms with Crippen LogP contribution in [0, 0.1) is 0 Å². The van der Waals surface area contributed by atoms with E-state index in [9.17, 15) is 31.8 Å². The molecule has 14 heteroatoms. The number of nitrogens with one attached hydrogen (secondary N) is 2. The van der Waals surface area contributed by atoms with Gasteiger partial charge in [-0.25, -0.2) is 21.6 Å². The molecule has 0 saturated heterocycles. The molecule has 12 nitrogen and oxygen atoms in total. The first-order valence-electron chi connectivity index (χ1n) is 12.8. The lowest BCUT2D eigenvalue weighted by atomic mass is 10.2. The first-order chi connectivity index (χ1) is 19.8. The SMILES string of the molecule is CS(=O)(=O)Nc1ccc(CN(c2ccccc2N(CCO)CCOc2ccc3cc(C(=O)O)[nH]c3c2)S(C)(=O)=O)cc1. The highest BCUT2D eigenvalue weighted by atomic mass is 32.2. The quantitative estimate of drug-likeness (QED) is 0.166. The van der Waals surface area contributed by atoms with Gasteiger partial charge in [-0.05, 0) is 48.0 Å². The third-order valence-electron chi connectivity index (χ3n) is 6.30. The van der Waals surface area contributed by atoms with Crippen LogP contribution in [-0.2, 0) is 26.6 Å². The largest absolute Gasteiger partial charge is 0.492 e. The molecule has 0 radical (unpaired) electrons. The second kappa shape index (κ2) is 12.7. The molecule has 0 atom stereocenters. The number of aromatic nitrogens is 1. The summed E-state index contributed by atoms with van der Waals surface area (Å²) in [5, 5.41) is 19.7. The molecule has 1 heterocycles. The van der Waals surface area contributed by atoms with Gasteiger partial charge in [0.1, 0.15) is 18.1 Å². The Kier molecular flexibility index (Phi) is 9.29. The van der Waals surface area contributed by atoms with Gasteiger partial charge in [-0.3, -0.25) is 9.03 Å². The fourth-order valence-electron chi connectivity index (χ4n) is 4.44. The highest BCUT2D eigenvalue weighted by molar-refractivity contribution is 7.92. The number of rotatable bonds is 14. The van der Waals surface area contributed by atoms with Crippen LogP contribution in [0.15, 0.2) is 72.8 Å². The monoisotopic (exact) mass is 616 g/mol. The topological polar surface area (TPSA) is 169 Å². The Labute approximate surface area is 244 Å². The molecule has 224 valence electrons. The maximum Gasteiger partial charge on any atom is 0.352 e. The van der Waals surface area contributed by atoms with Gasteiger partial charge in [0, 0.05) is 29.2 Å². The Morgan fingerprint density at radius 3 is 2.24 bits per heavy atom. The number of aromatic amines is 1. The lowest BCUT2D eigenvalue weighted by Gasteiger charge is -2.31. The Balaban J connectivity index is 1.54. The summed E-state index contributed by atoms with van der Waals surface area (Å²) in [6.45, 7) is 0.521. The van der Waals surface area contributed by atoms with Gasteiger partial charge in [-0.2, -0.15) is 0 Å². The Bertz CT molecular complexity index is 1770. The number of aliphatic hydroxyl groups excluding tert-OH is 1. The number of sulfonamides is 2. The van der Waals surface area contributed by atoms with E-state index in [0.717, 1.165) is 17.9 Å². The fourth-order valence-corrected chi connectivity index (χ4v) is 5.90. The van der Waals surface area contributed by atoms with Gasteiger partial charge in [-0.15, -0.1) is 0 Å². The Hall–Kier alpha value is -4.27. The zero-order valence-electron chi connectivity index (χ0n) is 23.0. The number of H-pyrrole nitrogens is 1. The molecule has 0 bridgehead atoms. The molecule has 4 rings (SSSR count). The number of nitrogens with zero attached hydrogens (tertiary/aromatic N) is 2. The number of fused-ring (bicyclic) bond motifs is 1. The van der Waals surface area contributed by atoms with Gasteiger partial charge >= 0.3 is 5.97 Å². The van der Waals surface area contributed by atoms with Crippen molar-refractivity contribution in [2.75, 3.05) is 52.7 Å². The van der Waals surface area contributed by atoms with Crippen LogP contribution >= 0.6 is 0 Å². The standard InChI is InChI=1S/C28H32N4O8S2/c1-41(36,37)30-22-10-7-20(8-11-22)19-32(42(2,38)39)27-6-4-3-5-26(27)31(13-15-33)14-16-40-23-12-9-21-17-25(28(34)35)29-24(21)18-23/h3-12,17-18,29-30,33H,13-16,19H2,1-2H3,(H,34,35). The number of carbonyl (C=O) groups is 1. The van der Waals surface area contributed by atoms with Gasteiger partial charge in [0.15, 0.2) is 0 Å². The van der Waals surface area contributed by atoms with E-state index in [2.05, 4.69) is 9.71 Å². The van der Waals surface area contributed by atoms with Crippen molar-refractivity contribution >= 4 is 54.0 Å². The minimum atomic E-state index is -3.76. The second-order valence-corrected chi connectivity index (χ2v) is 13.3. The highest BCUT2D eigenvalue weighted by Crippen LogP contribution is 2.32. The minimum absolute atomic E-state index is 0.00699. The van der Waals surface area contributed by atoms with Crippen LogP contribution in [-0.4, -0.2) is 76.8 Å². The second-order valence-electron chi connectivity index (χ2n) is 9.63. The summed E-state index contributed by atoms with van der Waals surface area (Å²) in [4.78, 5) is 15.9. The molecule has 0 aliphatic heterocycles. The average molecular weight is 617 g/mol. The van der Waals surface area contributed by atoms with Crippen LogP contribution < -0.4 is 18.7 Å². The third kappa shape index (κ3) is 7.93. The summed E-state index contributed by atoms with van der Waals surface area (Å²) in [6, 6.07) is 20.1. The van der Waals surface area contributed by atoms with Crippen LogP contribution in [0.5, 0.6) is 5.75 Å². The number of carboxylic acid groups (broad SMARTS) is 1. The predicted molar refractivity (Wildman–Crippen MR) is 162 cm³/mol. The van der Waals surface area contributed by atoms with Crippen molar-refractivity contribution < 1.29 is 36.6 Å². The summed E-state index contributed by atoms with van der Waals surface area (Å²) in [5.74, 6) is -0.541. The maximum absolute atomic E-state index is 13.0. The van der Waals surface area contributed by atoms with Crippen molar-refractivity contribution in [3.8, 4) is 5.75 Å². The van der Waals surface area contributed by atoms with Crippen molar-refractivity contribution in [1.29, 1.82) is 0 Å². The molecule has 0 spiro atoms. The molecule has 0 saturated carbocycles. The molecule has 1 aromatic heterocycles. The van der Waals surface area contributed by atoms with Crippen LogP contribution in [0.1, 0.15) is 16.1 Å². The molecule has 0 unspecified atom stereocenters. The number of hydrogen-bond acceptors (Lipinski definition) is 8. The van der Waals surface area contributed by atoms with E-state index < -0.39 is 26.0 Å². The van der Waals surface area contributed by atoms with Crippen molar-refractivity contribution in [3.05, 3.63) is 84.1 Å². The number of hydrogen-bond donors (Lipinski definition) is 4. The normalized spacial score (nSPS) is 11.8. The Morgan fingerprint density at radius 2 is 1.62 bits per heavy atom. The van der Waals surface area contributed by atoms with Crippen molar-refractivity contribution in [3.63, 3.8) is 0 Å². The van der Waals surface area contributed by atoms with Crippen LogP contribution in [0.25, 0.3) is 10.9 Å². The van der Waals surface area contributed by atoms with Crippen molar-refractivity contribution in [2.24, 2.45) is 0 Å². The van der Waals surface area contributed by atoms with Gasteiger partial charge in [0.2, 0.25) is 20.0 Å². The first-order valence-corrected chi connectivity index (χ1v) is 16.6. The van der Waals surface area contributed by atoms with Gasteiger partial charge in [-0.1, -0.05) is 24.3 Å². The summed E-state index contributed by atoms with van der Waals surface area (Å²) in [5.41, 5.74) is 2.66. The molecular formula is C28H32N4O8S2. The predicted octanol–water partition coefficient (Wildman–Crippen LogP) is 3.08. The number of anilines is 3. The molecular weight excluding hydrogens is 584 g/mol. The number of aromatic carboxylic acids is 1. The molecule has 42 heavy (non-hydrogen) atoms. The van der Waals surface area contributed by atoms with E-state index in [1.807, 2.05) is 4.90 Å². The number of carboxylic acids is 1. The summed E-state index contributed by atoms with van der Waals surface area (Å²) >= 11 is 0. The summed E-state index contributed by atoms with van der Waals surface area (Å²) < 4.78 is 58.5. The minimum Gasteiger partial charge on any atom is -0.492 e. The lowest BCUT2D eigenvalue weighted by molar-refractivity contribution is 0.0691. The zero-order chi connectivity index (χ0) is 30.5. The zero-order valence-corrected chi connectivity index (χ0v) is 24.7. The van der Waals surface area contributed by atoms with E-state index in [0.29, 0.717) is 40.4 Å². The van der Waals surface area contributed by atoms with Crippen LogP contribution in [0.2, 0.25) is 0 Å². The maximum atomic E-state index is 13.0.